The summed E-state index contributed by atoms with van der Waals surface area (Å²) in [5, 5.41) is 8.72. The van der Waals surface area contributed by atoms with E-state index in [4.69, 9.17) is 10.1 Å². The van der Waals surface area contributed by atoms with E-state index in [2.05, 4.69) is 35.2 Å². The fourth-order valence-corrected chi connectivity index (χ4v) is 2.61. The Kier molecular flexibility index (Phi) is 6.75. The smallest absolute Gasteiger partial charge is 0.0431 e. The Labute approximate surface area is 122 Å². The molecule has 0 spiro atoms. The zero-order valence-corrected chi connectivity index (χ0v) is 12.3. The second-order valence-electron chi connectivity index (χ2n) is 5.49. The van der Waals surface area contributed by atoms with E-state index < -0.39 is 0 Å². The molecule has 0 aromatic heterocycles. The Morgan fingerprint density at radius 1 is 1.00 bits per heavy atom. The zero-order chi connectivity index (χ0) is 14.0. The average molecular weight is 274 g/mol. The number of rotatable bonds is 7. The Bertz CT molecular complexity index is 393. The number of benzene rings is 1. The van der Waals surface area contributed by atoms with Gasteiger partial charge >= 0.3 is 0 Å². The lowest BCUT2D eigenvalue weighted by Gasteiger charge is -2.27. The van der Waals surface area contributed by atoms with Crippen LogP contribution in [-0.2, 0) is 6.54 Å². The number of hydrogen-bond acceptors (Lipinski definition) is 3. The van der Waals surface area contributed by atoms with E-state index in [-0.39, 0.29) is 0 Å². The van der Waals surface area contributed by atoms with Crippen LogP contribution >= 0.6 is 0 Å². The fraction of sp³-hybridized carbons (Fsp3) is 0.588. The Balaban J connectivity index is 1.66. The third-order valence-electron chi connectivity index (χ3n) is 3.83. The van der Waals surface area contributed by atoms with E-state index in [1.54, 1.807) is 0 Å². The van der Waals surface area contributed by atoms with Crippen molar-refractivity contribution in [2.45, 2.75) is 38.6 Å². The molecule has 1 aromatic rings. The SMILES string of the molecule is OCCCCCN=C1CCN(Cc2ccccc2)CC1. The van der Waals surface area contributed by atoms with Gasteiger partial charge in [-0.1, -0.05) is 30.3 Å². The molecule has 1 saturated heterocycles. The van der Waals surface area contributed by atoms with Gasteiger partial charge in [0.25, 0.3) is 0 Å². The maximum atomic E-state index is 8.72. The molecule has 0 radical (unpaired) electrons. The summed E-state index contributed by atoms with van der Waals surface area (Å²) in [5.74, 6) is 0. The second-order valence-corrected chi connectivity index (χ2v) is 5.49. The zero-order valence-electron chi connectivity index (χ0n) is 12.3. The summed E-state index contributed by atoms with van der Waals surface area (Å²) >= 11 is 0. The lowest BCUT2D eigenvalue weighted by atomic mass is 10.1. The van der Waals surface area contributed by atoms with Gasteiger partial charge in [-0.2, -0.15) is 0 Å². The average Bonchev–Trinajstić information content (AvgIpc) is 2.50. The molecule has 3 nitrogen and oxygen atoms in total. The van der Waals surface area contributed by atoms with Crippen molar-refractivity contribution < 1.29 is 5.11 Å². The Hall–Kier alpha value is -1.19. The van der Waals surface area contributed by atoms with E-state index in [9.17, 15) is 0 Å². The van der Waals surface area contributed by atoms with E-state index in [0.717, 1.165) is 58.3 Å². The van der Waals surface area contributed by atoms with Crippen LogP contribution in [0.25, 0.3) is 0 Å². The molecule has 1 aliphatic heterocycles. The first kappa shape index (κ1) is 15.2. The molecule has 1 N–H and O–H groups in total. The van der Waals surface area contributed by atoms with Crippen LogP contribution in [0.3, 0.4) is 0 Å². The summed E-state index contributed by atoms with van der Waals surface area (Å²) in [6.45, 7) is 4.57. The summed E-state index contributed by atoms with van der Waals surface area (Å²) < 4.78 is 0. The molecular weight excluding hydrogens is 248 g/mol. The molecule has 0 amide bonds. The maximum Gasteiger partial charge on any atom is 0.0431 e. The highest BCUT2D eigenvalue weighted by molar-refractivity contribution is 5.85. The molecule has 1 aromatic carbocycles. The highest BCUT2D eigenvalue weighted by Gasteiger charge is 2.14. The Morgan fingerprint density at radius 3 is 2.45 bits per heavy atom. The largest absolute Gasteiger partial charge is 0.396 e. The normalized spacial score (nSPS) is 16.4. The standard InChI is InChI=1S/C17H26N2O/c20-14-6-2-5-11-18-17-9-12-19(13-10-17)15-16-7-3-1-4-8-16/h1,3-4,7-8,20H,2,5-6,9-15H2. The number of likely N-dealkylation sites (tertiary alicyclic amines) is 1. The van der Waals surface area contributed by atoms with Crippen LogP contribution in [0.5, 0.6) is 0 Å². The van der Waals surface area contributed by atoms with Crippen LogP contribution in [-0.4, -0.2) is 42.0 Å². The summed E-state index contributed by atoms with van der Waals surface area (Å²) in [4.78, 5) is 7.22. The van der Waals surface area contributed by atoms with Crippen molar-refractivity contribution >= 4 is 5.71 Å². The van der Waals surface area contributed by atoms with Gasteiger partial charge in [0.15, 0.2) is 0 Å². The first-order valence-electron chi connectivity index (χ1n) is 7.78. The number of unbranched alkanes of at least 4 members (excludes halogenated alkanes) is 2. The van der Waals surface area contributed by atoms with Gasteiger partial charge in [0, 0.05) is 38.5 Å². The quantitative estimate of drug-likeness (QED) is 0.776. The van der Waals surface area contributed by atoms with Crippen LogP contribution in [0.1, 0.15) is 37.7 Å². The molecule has 1 heterocycles. The highest BCUT2D eigenvalue weighted by atomic mass is 16.2. The van der Waals surface area contributed by atoms with Gasteiger partial charge in [-0.25, -0.2) is 0 Å². The van der Waals surface area contributed by atoms with Crippen molar-refractivity contribution in [1.82, 2.24) is 4.90 Å². The molecule has 110 valence electrons. The van der Waals surface area contributed by atoms with E-state index >= 15 is 0 Å². The fourth-order valence-electron chi connectivity index (χ4n) is 2.61. The van der Waals surface area contributed by atoms with Crippen LogP contribution in [0.15, 0.2) is 35.3 Å². The van der Waals surface area contributed by atoms with Gasteiger partial charge in [-0.05, 0) is 37.7 Å². The third-order valence-corrected chi connectivity index (χ3v) is 3.83. The van der Waals surface area contributed by atoms with Gasteiger partial charge in [-0.15, -0.1) is 0 Å². The van der Waals surface area contributed by atoms with Crippen molar-refractivity contribution in [3.8, 4) is 0 Å². The summed E-state index contributed by atoms with van der Waals surface area (Å²) in [6.07, 6.45) is 5.35. The van der Waals surface area contributed by atoms with Crippen molar-refractivity contribution in [2.75, 3.05) is 26.2 Å². The summed E-state index contributed by atoms with van der Waals surface area (Å²) in [5.41, 5.74) is 2.79. The minimum Gasteiger partial charge on any atom is -0.396 e. The van der Waals surface area contributed by atoms with Gasteiger partial charge in [0.1, 0.15) is 0 Å². The minimum atomic E-state index is 0.311. The first-order valence-corrected chi connectivity index (χ1v) is 7.78. The van der Waals surface area contributed by atoms with Gasteiger partial charge < -0.3 is 5.11 Å². The van der Waals surface area contributed by atoms with E-state index in [0.29, 0.717) is 6.61 Å². The van der Waals surface area contributed by atoms with Crippen molar-refractivity contribution in [3.63, 3.8) is 0 Å². The lowest BCUT2D eigenvalue weighted by Crippen LogP contribution is -2.33. The minimum absolute atomic E-state index is 0.311. The molecular formula is C17H26N2O. The number of piperidine rings is 1. The number of aliphatic hydroxyl groups is 1. The second kappa shape index (κ2) is 8.88. The molecule has 20 heavy (non-hydrogen) atoms. The Morgan fingerprint density at radius 2 is 1.75 bits per heavy atom. The predicted molar refractivity (Wildman–Crippen MR) is 84.2 cm³/mol. The van der Waals surface area contributed by atoms with E-state index in [1.807, 2.05) is 0 Å². The molecule has 0 bridgehead atoms. The van der Waals surface area contributed by atoms with Crippen LogP contribution in [0, 0.1) is 0 Å². The molecule has 0 aliphatic carbocycles. The molecule has 2 rings (SSSR count). The summed E-state index contributed by atoms with van der Waals surface area (Å²) in [6, 6.07) is 10.7. The molecule has 1 aliphatic rings. The van der Waals surface area contributed by atoms with Crippen LogP contribution in [0.2, 0.25) is 0 Å². The number of nitrogens with zero attached hydrogens (tertiary/aromatic N) is 2. The van der Waals surface area contributed by atoms with Crippen molar-refractivity contribution in [1.29, 1.82) is 0 Å². The van der Waals surface area contributed by atoms with Gasteiger partial charge in [-0.3, -0.25) is 9.89 Å². The number of aliphatic hydroxyl groups excluding tert-OH is 1. The van der Waals surface area contributed by atoms with Crippen molar-refractivity contribution in [3.05, 3.63) is 35.9 Å². The molecule has 3 heteroatoms. The lowest BCUT2D eigenvalue weighted by molar-refractivity contribution is 0.266. The first-order chi connectivity index (χ1) is 9.88. The number of hydrogen-bond donors (Lipinski definition) is 1. The molecule has 0 saturated carbocycles. The molecule has 0 unspecified atom stereocenters. The van der Waals surface area contributed by atoms with Gasteiger partial charge in [0.2, 0.25) is 0 Å². The topological polar surface area (TPSA) is 35.8 Å². The van der Waals surface area contributed by atoms with Gasteiger partial charge in [0.05, 0.1) is 0 Å². The molecule has 1 fully saturated rings. The number of aliphatic imine (C=N–C) groups is 1. The maximum absolute atomic E-state index is 8.72. The molecule has 0 atom stereocenters. The van der Waals surface area contributed by atoms with Crippen molar-refractivity contribution in [2.24, 2.45) is 4.99 Å². The monoisotopic (exact) mass is 274 g/mol. The summed E-state index contributed by atoms with van der Waals surface area (Å²) in [7, 11) is 0. The highest BCUT2D eigenvalue weighted by Crippen LogP contribution is 2.12. The van der Waals surface area contributed by atoms with E-state index in [1.165, 1.54) is 11.3 Å². The van der Waals surface area contributed by atoms with Crippen LogP contribution < -0.4 is 0 Å². The third kappa shape index (κ3) is 5.43. The predicted octanol–water partition coefficient (Wildman–Crippen LogP) is 2.89. The van der Waals surface area contributed by atoms with Crippen LogP contribution in [0.4, 0.5) is 0 Å².